The van der Waals surface area contributed by atoms with Gasteiger partial charge in [0, 0.05) is 17.4 Å². The minimum atomic E-state index is -0.620. The van der Waals surface area contributed by atoms with Crippen LogP contribution in [0, 0.1) is 0 Å². The highest BCUT2D eigenvalue weighted by Crippen LogP contribution is 2.54. The van der Waals surface area contributed by atoms with E-state index in [-0.39, 0.29) is 5.92 Å². The Bertz CT molecular complexity index is 684. The number of aliphatic hydroxyl groups excluding tert-OH is 1. The number of halogens is 1. The third-order valence-electron chi connectivity index (χ3n) is 4.52. The molecule has 2 aromatic rings. The molecule has 5 rings (SSSR count). The van der Waals surface area contributed by atoms with Gasteiger partial charge >= 0.3 is 0 Å². The predicted octanol–water partition coefficient (Wildman–Crippen LogP) is 2.75. The summed E-state index contributed by atoms with van der Waals surface area (Å²) >= 11 is 6.12. The predicted molar refractivity (Wildman–Crippen MR) is 75.3 cm³/mol. The van der Waals surface area contributed by atoms with Gasteiger partial charge in [0.1, 0.15) is 0 Å². The summed E-state index contributed by atoms with van der Waals surface area (Å²) in [4.78, 5) is 0. The van der Waals surface area contributed by atoms with Crippen molar-refractivity contribution in [1.29, 1.82) is 0 Å². The Morgan fingerprint density at radius 2 is 1.84 bits per heavy atom. The maximum absolute atomic E-state index is 10.4. The Kier molecular flexibility index (Phi) is 2.17. The molecule has 0 aliphatic heterocycles. The average Bonchev–Trinajstić information content (AvgIpc) is 2.39. The Labute approximate surface area is 116 Å². The summed E-state index contributed by atoms with van der Waals surface area (Å²) in [6.45, 7) is 0. The molecule has 3 atom stereocenters. The van der Waals surface area contributed by atoms with E-state index in [2.05, 4.69) is 12.1 Å². The molecule has 0 radical (unpaired) electrons. The van der Waals surface area contributed by atoms with Crippen molar-refractivity contribution in [1.82, 2.24) is 0 Å². The second-order valence-electron chi connectivity index (χ2n) is 5.54. The zero-order chi connectivity index (χ0) is 13.2. The van der Waals surface area contributed by atoms with E-state index in [4.69, 9.17) is 17.3 Å². The van der Waals surface area contributed by atoms with Gasteiger partial charge in [0.05, 0.1) is 11.6 Å². The van der Waals surface area contributed by atoms with Crippen LogP contribution in [0.25, 0.3) is 0 Å². The Morgan fingerprint density at radius 1 is 1.11 bits per heavy atom. The number of rotatable bonds is 0. The Morgan fingerprint density at radius 3 is 2.68 bits per heavy atom. The van der Waals surface area contributed by atoms with Gasteiger partial charge in [-0.2, -0.15) is 0 Å². The minimum absolute atomic E-state index is 0.0221. The highest BCUT2D eigenvalue weighted by atomic mass is 35.5. The summed E-state index contributed by atoms with van der Waals surface area (Å²) in [6, 6.07) is 14.0. The maximum atomic E-state index is 10.4. The molecule has 0 saturated carbocycles. The highest BCUT2D eigenvalue weighted by Gasteiger charge is 2.50. The van der Waals surface area contributed by atoms with Crippen LogP contribution in [0.3, 0.4) is 0 Å². The number of benzene rings is 2. The van der Waals surface area contributed by atoms with Crippen LogP contribution in [0.5, 0.6) is 0 Å². The lowest BCUT2D eigenvalue weighted by molar-refractivity contribution is 0.0996. The van der Waals surface area contributed by atoms with Crippen LogP contribution in [0.4, 0.5) is 0 Å². The molecule has 3 unspecified atom stereocenters. The largest absolute Gasteiger partial charge is 0.392 e. The zero-order valence-electron chi connectivity index (χ0n) is 10.3. The van der Waals surface area contributed by atoms with Crippen LogP contribution in [0.2, 0.25) is 5.02 Å². The molecule has 3 aliphatic rings. The molecule has 0 saturated heterocycles. The van der Waals surface area contributed by atoms with Crippen molar-refractivity contribution < 1.29 is 5.11 Å². The molecule has 19 heavy (non-hydrogen) atoms. The Balaban J connectivity index is 2.09. The van der Waals surface area contributed by atoms with Crippen LogP contribution >= 0.6 is 11.6 Å². The van der Waals surface area contributed by atoms with Crippen molar-refractivity contribution in [2.75, 3.05) is 0 Å². The number of nitrogens with two attached hydrogens (primary N) is 1. The number of hydrogen-bond donors (Lipinski definition) is 2. The van der Waals surface area contributed by atoms with Crippen LogP contribution < -0.4 is 5.73 Å². The van der Waals surface area contributed by atoms with Gasteiger partial charge in [0.2, 0.25) is 0 Å². The van der Waals surface area contributed by atoms with E-state index in [1.54, 1.807) is 0 Å². The fraction of sp³-hybridized carbons (Fsp3) is 0.250. The molecule has 2 bridgehead atoms. The van der Waals surface area contributed by atoms with Gasteiger partial charge in [-0.15, -0.1) is 0 Å². The molecule has 3 heteroatoms. The van der Waals surface area contributed by atoms with Gasteiger partial charge in [0.25, 0.3) is 0 Å². The lowest BCUT2D eigenvalue weighted by Crippen LogP contribution is -2.52. The summed E-state index contributed by atoms with van der Waals surface area (Å²) in [5, 5.41) is 11.1. The fourth-order valence-electron chi connectivity index (χ4n) is 3.76. The molecule has 0 spiro atoms. The molecule has 0 heterocycles. The van der Waals surface area contributed by atoms with Crippen molar-refractivity contribution in [2.24, 2.45) is 5.73 Å². The van der Waals surface area contributed by atoms with Crippen molar-refractivity contribution in [2.45, 2.75) is 24.0 Å². The lowest BCUT2D eigenvalue weighted by Gasteiger charge is -2.49. The third-order valence-corrected chi connectivity index (χ3v) is 4.76. The van der Waals surface area contributed by atoms with Gasteiger partial charge in [-0.25, -0.2) is 0 Å². The van der Waals surface area contributed by atoms with Crippen molar-refractivity contribution in [3.63, 3.8) is 0 Å². The van der Waals surface area contributed by atoms with Crippen molar-refractivity contribution in [3.05, 3.63) is 69.7 Å². The van der Waals surface area contributed by atoms with Crippen LogP contribution in [-0.4, -0.2) is 11.2 Å². The molecule has 0 fully saturated rings. The normalized spacial score (nSPS) is 30.9. The summed E-state index contributed by atoms with van der Waals surface area (Å²) in [6.07, 6.45) is 0.135. The first-order valence-corrected chi connectivity index (χ1v) is 6.85. The van der Waals surface area contributed by atoms with E-state index >= 15 is 0 Å². The molecule has 96 valence electrons. The van der Waals surface area contributed by atoms with E-state index < -0.39 is 11.6 Å². The molecular weight excluding hydrogens is 258 g/mol. The van der Waals surface area contributed by atoms with E-state index in [9.17, 15) is 5.11 Å². The lowest BCUT2D eigenvalue weighted by atomic mass is 9.59. The standard InChI is InChI=1S/C16H14ClNO/c17-9-5-6-11-13(7-9)16(18)8-14(19)15(11)10-3-1-2-4-12(10)16/h1-7,14-15,19H,8,18H2. The zero-order valence-corrected chi connectivity index (χ0v) is 11.1. The number of aliphatic hydroxyl groups is 1. The van der Waals surface area contributed by atoms with Crippen LogP contribution in [-0.2, 0) is 5.54 Å². The van der Waals surface area contributed by atoms with Gasteiger partial charge in [-0.3, -0.25) is 0 Å². The summed E-state index contributed by atoms with van der Waals surface area (Å²) in [5.41, 5.74) is 10.5. The second kappa shape index (κ2) is 3.60. The number of hydrogen-bond acceptors (Lipinski definition) is 2. The monoisotopic (exact) mass is 271 g/mol. The van der Waals surface area contributed by atoms with E-state index in [0.717, 1.165) is 22.3 Å². The molecule has 3 aliphatic carbocycles. The van der Waals surface area contributed by atoms with Crippen LogP contribution in [0.1, 0.15) is 34.6 Å². The quantitative estimate of drug-likeness (QED) is 0.774. The second-order valence-corrected chi connectivity index (χ2v) is 5.98. The molecule has 2 aromatic carbocycles. The molecular formula is C16H14ClNO. The van der Waals surface area contributed by atoms with Crippen molar-refractivity contribution in [3.8, 4) is 0 Å². The summed E-state index contributed by atoms with van der Waals surface area (Å²) in [5.74, 6) is 0.0221. The van der Waals surface area contributed by atoms with Crippen LogP contribution in [0.15, 0.2) is 42.5 Å². The molecule has 0 aromatic heterocycles. The maximum Gasteiger partial charge on any atom is 0.0697 e. The fourth-order valence-corrected chi connectivity index (χ4v) is 3.93. The molecule has 3 N–H and O–H groups in total. The SMILES string of the molecule is NC12CC(O)C(c3ccccc31)c1ccc(Cl)cc12. The van der Waals surface area contributed by atoms with Gasteiger partial charge in [-0.1, -0.05) is 41.9 Å². The number of fused-ring (bicyclic) bond motifs is 1. The highest BCUT2D eigenvalue weighted by molar-refractivity contribution is 6.30. The Hall–Kier alpha value is -1.35. The van der Waals surface area contributed by atoms with Gasteiger partial charge < -0.3 is 10.8 Å². The first-order valence-electron chi connectivity index (χ1n) is 6.47. The summed E-state index contributed by atoms with van der Waals surface area (Å²) in [7, 11) is 0. The topological polar surface area (TPSA) is 46.2 Å². The third kappa shape index (κ3) is 1.34. The first kappa shape index (κ1) is 11.5. The summed E-state index contributed by atoms with van der Waals surface area (Å²) < 4.78 is 0. The average molecular weight is 272 g/mol. The van der Waals surface area contributed by atoms with E-state index in [1.807, 2.05) is 30.3 Å². The smallest absolute Gasteiger partial charge is 0.0697 e. The van der Waals surface area contributed by atoms with E-state index in [0.29, 0.717) is 11.4 Å². The molecule has 2 nitrogen and oxygen atoms in total. The van der Waals surface area contributed by atoms with Gasteiger partial charge in [0.15, 0.2) is 0 Å². The molecule has 0 amide bonds. The van der Waals surface area contributed by atoms with Crippen molar-refractivity contribution >= 4 is 11.6 Å². The minimum Gasteiger partial charge on any atom is -0.392 e. The van der Waals surface area contributed by atoms with Gasteiger partial charge in [-0.05, 0) is 34.4 Å². The first-order chi connectivity index (χ1) is 9.11. The van der Waals surface area contributed by atoms with E-state index in [1.165, 1.54) is 0 Å².